The van der Waals surface area contributed by atoms with Crippen molar-refractivity contribution in [1.82, 2.24) is 0 Å². The van der Waals surface area contributed by atoms with Gasteiger partial charge in [-0.1, -0.05) is 57.5 Å². The zero-order valence-corrected chi connectivity index (χ0v) is 19.2. The van der Waals surface area contributed by atoms with Crippen LogP contribution < -0.4 is 4.74 Å². The summed E-state index contributed by atoms with van der Waals surface area (Å²) in [4.78, 5) is 2.19. The van der Waals surface area contributed by atoms with Crippen molar-refractivity contribution < 1.29 is 13.5 Å². The minimum absolute atomic E-state index is 0.0355. The number of ether oxygens (including phenoxy) is 1. The summed E-state index contributed by atoms with van der Waals surface area (Å²) in [6.45, 7) is 9.55. The Morgan fingerprint density at radius 1 is 1.00 bits per heavy atom. The lowest BCUT2D eigenvalue weighted by Gasteiger charge is -2.22. The standard InChI is InChI=1S/C26H30F2OS/c1-6-7-19-10-13-22(16-18(19)4)29-25(17(2)3)24-15-14-23(30-24)20-8-11-21(12-9-20)26(5,27)28/h8-17,25H,6-7H2,1-5H3. The molecule has 0 aliphatic rings. The Bertz CT molecular complexity index is 967. The lowest BCUT2D eigenvalue weighted by Crippen LogP contribution is -2.13. The van der Waals surface area contributed by atoms with E-state index in [4.69, 9.17) is 4.74 Å². The van der Waals surface area contributed by atoms with Gasteiger partial charge in [-0.05, 0) is 60.2 Å². The van der Waals surface area contributed by atoms with Crippen LogP contribution in [-0.4, -0.2) is 0 Å². The molecule has 0 aliphatic heterocycles. The Labute approximate surface area is 182 Å². The molecule has 1 aromatic heterocycles. The molecule has 0 aliphatic carbocycles. The molecule has 0 saturated heterocycles. The Morgan fingerprint density at radius 2 is 1.70 bits per heavy atom. The van der Waals surface area contributed by atoms with Gasteiger partial charge in [-0.2, -0.15) is 0 Å². The highest BCUT2D eigenvalue weighted by molar-refractivity contribution is 7.15. The third-order valence-electron chi connectivity index (χ3n) is 5.29. The van der Waals surface area contributed by atoms with Gasteiger partial charge in [-0.3, -0.25) is 0 Å². The van der Waals surface area contributed by atoms with Gasteiger partial charge in [0.1, 0.15) is 11.9 Å². The topological polar surface area (TPSA) is 9.23 Å². The van der Waals surface area contributed by atoms with Crippen LogP contribution in [0.25, 0.3) is 10.4 Å². The van der Waals surface area contributed by atoms with Crippen molar-refractivity contribution in [1.29, 1.82) is 0 Å². The third-order valence-corrected chi connectivity index (χ3v) is 6.48. The fourth-order valence-corrected chi connectivity index (χ4v) is 4.77. The maximum atomic E-state index is 13.5. The smallest absolute Gasteiger partial charge is 0.270 e. The summed E-state index contributed by atoms with van der Waals surface area (Å²) < 4.78 is 33.4. The number of thiophene rings is 1. The van der Waals surface area contributed by atoms with E-state index < -0.39 is 5.92 Å². The summed E-state index contributed by atoms with van der Waals surface area (Å²) in [5.41, 5.74) is 3.61. The second kappa shape index (κ2) is 9.30. The molecule has 0 amide bonds. The summed E-state index contributed by atoms with van der Waals surface area (Å²) in [7, 11) is 0. The van der Waals surface area contributed by atoms with Crippen molar-refractivity contribution in [3.8, 4) is 16.2 Å². The first-order valence-electron chi connectivity index (χ1n) is 10.5. The number of halogens is 2. The molecule has 30 heavy (non-hydrogen) atoms. The van der Waals surface area contributed by atoms with Gasteiger partial charge in [0.05, 0.1) is 0 Å². The van der Waals surface area contributed by atoms with Crippen LogP contribution in [0.15, 0.2) is 54.6 Å². The molecule has 4 heteroatoms. The van der Waals surface area contributed by atoms with Crippen molar-refractivity contribution >= 4 is 11.3 Å². The minimum atomic E-state index is -2.82. The normalized spacial score (nSPS) is 12.9. The summed E-state index contributed by atoms with van der Waals surface area (Å²) in [6.07, 6.45) is 2.15. The van der Waals surface area contributed by atoms with Crippen LogP contribution in [0.5, 0.6) is 5.75 Å². The van der Waals surface area contributed by atoms with Crippen LogP contribution in [0.3, 0.4) is 0 Å². The van der Waals surface area contributed by atoms with Crippen molar-refractivity contribution in [2.24, 2.45) is 5.92 Å². The highest BCUT2D eigenvalue weighted by Gasteiger charge is 2.24. The van der Waals surface area contributed by atoms with Gasteiger partial charge in [0.2, 0.25) is 0 Å². The Hall–Kier alpha value is -2.20. The molecule has 0 bridgehead atoms. The lowest BCUT2D eigenvalue weighted by atomic mass is 10.0. The predicted molar refractivity (Wildman–Crippen MR) is 123 cm³/mol. The van der Waals surface area contributed by atoms with Crippen LogP contribution in [0, 0.1) is 12.8 Å². The van der Waals surface area contributed by atoms with E-state index in [9.17, 15) is 8.78 Å². The Balaban J connectivity index is 1.81. The molecule has 0 fully saturated rings. The fraction of sp³-hybridized carbons (Fsp3) is 0.385. The van der Waals surface area contributed by atoms with E-state index in [1.807, 2.05) is 6.07 Å². The van der Waals surface area contributed by atoms with Crippen molar-refractivity contribution in [3.63, 3.8) is 0 Å². The van der Waals surface area contributed by atoms with E-state index in [2.05, 4.69) is 52.0 Å². The van der Waals surface area contributed by atoms with Crippen LogP contribution in [0.1, 0.15) is 61.8 Å². The van der Waals surface area contributed by atoms with E-state index >= 15 is 0 Å². The van der Waals surface area contributed by atoms with E-state index in [-0.39, 0.29) is 11.7 Å². The zero-order valence-electron chi connectivity index (χ0n) is 18.3. The molecule has 0 spiro atoms. The highest BCUT2D eigenvalue weighted by atomic mass is 32.1. The molecule has 3 rings (SSSR count). The van der Waals surface area contributed by atoms with E-state index in [0.717, 1.165) is 40.8 Å². The summed E-state index contributed by atoms with van der Waals surface area (Å²) in [6, 6.07) is 17.0. The first-order valence-corrected chi connectivity index (χ1v) is 11.3. The van der Waals surface area contributed by atoms with Crippen molar-refractivity contribution in [2.75, 3.05) is 0 Å². The van der Waals surface area contributed by atoms with E-state index in [0.29, 0.717) is 5.92 Å². The number of alkyl halides is 2. The van der Waals surface area contributed by atoms with Gasteiger partial charge >= 0.3 is 0 Å². The number of benzene rings is 2. The first-order chi connectivity index (χ1) is 14.2. The Kier molecular flexibility index (Phi) is 6.97. The van der Waals surface area contributed by atoms with Gasteiger partial charge in [-0.15, -0.1) is 11.3 Å². The minimum Gasteiger partial charge on any atom is -0.485 e. The van der Waals surface area contributed by atoms with Crippen LogP contribution in [0.4, 0.5) is 8.78 Å². The molecule has 2 aromatic carbocycles. The molecule has 3 aromatic rings. The molecule has 1 unspecified atom stereocenters. The molecular weight excluding hydrogens is 398 g/mol. The monoisotopic (exact) mass is 428 g/mol. The second-order valence-corrected chi connectivity index (χ2v) is 9.40. The van der Waals surface area contributed by atoms with Gasteiger partial charge < -0.3 is 4.74 Å². The largest absolute Gasteiger partial charge is 0.485 e. The molecular formula is C26H30F2OS. The zero-order chi connectivity index (χ0) is 21.9. The molecule has 0 radical (unpaired) electrons. The van der Waals surface area contributed by atoms with Crippen LogP contribution in [0.2, 0.25) is 0 Å². The second-order valence-electron chi connectivity index (χ2n) is 8.29. The van der Waals surface area contributed by atoms with Gasteiger partial charge in [0.25, 0.3) is 5.92 Å². The maximum absolute atomic E-state index is 13.5. The molecule has 1 nitrogen and oxygen atoms in total. The maximum Gasteiger partial charge on any atom is 0.270 e. The molecule has 1 atom stereocenters. The van der Waals surface area contributed by atoms with Crippen LogP contribution in [-0.2, 0) is 12.3 Å². The third kappa shape index (κ3) is 5.28. The number of aryl methyl sites for hydroxylation is 2. The van der Waals surface area contributed by atoms with Crippen molar-refractivity contribution in [2.45, 2.75) is 59.5 Å². The predicted octanol–water partition coefficient (Wildman–Crippen LogP) is 8.56. The molecule has 0 saturated carbocycles. The Morgan fingerprint density at radius 3 is 2.27 bits per heavy atom. The van der Waals surface area contributed by atoms with E-state index in [1.54, 1.807) is 23.5 Å². The molecule has 160 valence electrons. The highest BCUT2D eigenvalue weighted by Crippen LogP contribution is 2.38. The van der Waals surface area contributed by atoms with E-state index in [1.165, 1.54) is 23.3 Å². The van der Waals surface area contributed by atoms with Gasteiger partial charge in [-0.25, -0.2) is 8.78 Å². The quantitative estimate of drug-likeness (QED) is 0.349. The number of rotatable bonds is 8. The average molecular weight is 429 g/mol. The lowest BCUT2D eigenvalue weighted by molar-refractivity contribution is 0.0175. The van der Waals surface area contributed by atoms with Gasteiger partial charge in [0, 0.05) is 22.2 Å². The summed E-state index contributed by atoms with van der Waals surface area (Å²) in [5.74, 6) is -1.63. The first kappa shape index (κ1) is 22.5. The molecule has 0 N–H and O–H groups in total. The van der Waals surface area contributed by atoms with Gasteiger partial charge in [0.15, 0.2) is 0 Å². The SMILES string of the molecule is CCCc1ccc(OC(c2ccc(-c3ccc(C(C)(F)F)cc3)s2)C(C)C)cc1C. The average Bonchev–Trinajstić information content (AvgIpc) is 3.17. The number of hydrogen-bond acceptors (Lipinski definition) is 2. The van der Waals surface area contributed by atoms with Crippen molar-refractivity contribution in [3.05, 3.63) is 76.2 Å². The number of hydrogen-bond donors (Lipinski definition) is 0. The molecule has 1 heterocycles. The fourth-order valence-electron chi connectivity index (χ4n) is 3.55. The van der Waals surface area contributed by atoms with Crippen LogP contribution >= 0.6 is 11.3 Å². The summed E-state index contributed by atoms with van der Waals surface area (Å²) >= 11 is 1.66. The summed E-state index contributed by atoms with van der Waals surface area (Å²) in [5, 5.41) is 0.